The zero-order valence-corrected chi connectivity index (χ0v) is 11.6. The monoisotopic (exact) mass is 275 g/mol. The minimum Gasteiger partial charge on any atom is -0.482 e. The molecule has 2 aromatic rings. The van der Waals surface area contributed by atoms with E-state index >= 15 is 0 Å². The molecule has 0 unspecified atom stereocenters. The van der Waals surface area contributed by atoms with Crippen LogP contribution in [0, 0.1) is 0 Å². The Bertz CT molecular complexity index is 563. The Morgan fingerprint density at radius 2 is 2.00 bits per heavy atom. The first-order valence-electron chi connectivity index (χ1n) is 6.52. The van der Waals surface area contributed by atoms with Crippen LogP contribution in [0.3, 0.4) is 0 Å². The van der Waals surface area contributed by atoms with E-state index in [-0.39, 0.29) is 12.6 Å². The summed E-state index contributed by atoms with van der Waals surface area (Å²) in [7, 11) is 0. The second-order valence-corrected chi connectivity index (χ2v) is 4.08. The van der Waals surface area contributed by atoms with Gasteiger partial charge >= 0.3 is 5.97 Å². The summed E-state index contributed by atoms with van der Waals surface area (Å²) in [6.07, 6.45) is 1.88. The quantitative estimate of drug-likeness (QED) is 0.753. The molecular weight excluding hydrogens is 258 g/mol. The second-order valence-electron chi connectivity index (χ2n) is 4.08. The zero-order valence-electron chi connectivity index (χ0n) is 11.6. The molecule has 20 heavy (non-hydrogen) atoms. The minimum atomic E-state index is -0.373. The predicted octanol–water partition coefficient (Wildman–Crippen LogP) is 1.91. The summed E-state index contributed by atoms with van der Waals surface area (Å²) in [6.45, 7) is 4.82. The molecule has 6 nitrogen and oxygen atoms in total. The maximum atomic E-state index is 11.2. The lowest BCUT2D eigenvalue weighted by molar-refractivity contribution is -0.145. The summed E-state index contributed by atoms with van der Waals surface area (Å²) in [5, 5.41) is 8.07. The molecule has 0 aliphatic heterocycles. The lowest BCUT2D eigenvalue weighted by atomic mass is 10.2. The lowest BCUT2D eigenvalue weighted by Gasteiger charge is -2.05. The molecule has 0 saturated carbocycles. The molecular formula is C14H17N3O3. The summed E-state index contributed by atoms with van der Waals surface area (Å²) in [6, 6.07) is 7.34. The van der Waals surface area contributed by atoms with Crippen molar-refractivity contribution < 1.29 is 14.3 Å². The average molecular weight is 275 g/mol. The Labute approximate surface area is 117 Å². The molecule has 0 spiro atoms. The fraction of sp³-hybridized carbons (Fsp3) is 0.357. The van der Waals surface area contributed by atoms with E-state index in [1.54, 1.807) is 23.7 Å². The molecule has 1 heterocycles. The van der Waals surface area contributed by atoms with E-state index in [0.717, 1.165) is 17.8 Å². The third-order valence-corrected chi connectivity index (χ3v) is 2.67. The summed E-state index contributed by atoms with van der Waals surface area (Å²) in [4.78, 5) is 11.2. The van der Waals surface area contributed by atoms with Gasteiger partial charge in [-0.15, -0.1) is 5.10 Å². The van der Waals surface area contributed by atoms with Crippen molar-refractivity contribution in [3.05, 3.63) is 30.5 Å². The number of aryl methyl sites for hydroxylation is 1. The van der Waals surface area contributed by atoms with Gasteiger partial charge < -0.3 is 9.47 Å². The molecule has 0 fully saturated rings. The van der Waals surface area contributed by atoms with Crippen molar-refractivity contribution in [2.75, 3.05) is 13.2 Å². The number of esters is 1. The van der Waals surface area contributed by atoms with Gasteiger partial charge in [0.2, 0.25) is 0 Å². The van der Waals surface area contributed by atoms with Crippen molar-refractivity contribution >= 4 is 5.97 Å². The molecule has 0 bridgehead atoms. The largest absolute Gasteiger partial charge is 0.482 e. The van der Waals surface area contributed by atoms with Gasteiger partial charge in [0.15, 0.2) is 6.61 Å². The minimum absolute atomic E-state index is 0.0841. The maximum absolute atomic E-state index is 11.2. The van der Waals surface area contributed by atoms with Crippen molar-refractivity contribution in [2.45, 2.75) is 20.4 Å². The predicted molar refractivity (Wildman–Crippen MR) is 73.3 cm³/mol. The number of carbonyl (C=O) groups excluding carboxylic acids is 1. The van der Waals surface area contributed by atoms with E-state index < -0.39 is 0 Å². The molecule has 0 atom stereocenters. The van der Waals surface area contributed by atoms with Gasteiger partial charge in [-0.1, -0.05) is 5.21 Å². The average Bonchev–Trinajstić information content (AvgIpc) is 2.95. The molecule has 0 saturated heterocycles. The first kappa shape index (κ1) is 14.0. The molecule has 0 radical (unpaired) electrons. The Kier molecular flexibility index (Phi) is 4.70. The van der Waals surface area contributed by atoms with Crippen LogP contribution in [-0.2, 0) is 16.1 Å². The van der Waals surface area contributed by atoms with Crippen LogP contribution in [0.15, 0.2) is 30.5 Å². The number of hydrogen-bond donors (Lipinski definition) is 0. The second kappa shape index (κ2) is 6.70. The van der Waals surface area contributed by atoms with Crippen LogP contribution in [0.1, 0.15) is 13.8 Å². The van der Waals surface area contributed by atoms with Crippen LogP contribution in [-0.4, -0.2) is 34.2 Å². The highest BCUT2D eigenvalue weighted by molar-refractivity contribution is 5.71. The number of benzene rings is 1. The standard InChI is InChI=1S/C14H17N3O3/c1-3-17-9-13(15-16-17)11-5-7-12(8-6-11)20-10-14(18)19-4-2/h5-9H,3-4,10H2,1-2H3. The molecule has 0 N–H and O–H groups in total. The van der Waals surface area contributed by atoms with E-state index in [9.17, 15) is 4.79 Å². The van der Waals surface area contributed by atoms with Gasteiger partial charge in [0.05, 0.1) is 12.8 Å². The summed E-state index contributed by atoms with van der Waals surface area (Å²) < 4.78 is 11.9. The third kappa shape index (κ3) is 3.57. The van der Waals surface area contributed by atoms with Gasteiger partial charge in [-0.05, 0) is 38.1 Å². The van der Waals surface area contributed by atoms with E-state index in [1.165, 1.54) is 0 Å². The van der Waals surface area contributed by atoms with E-state index in [0.29, 0.717) is 12.4 Å². The number of hydrogen-bond acceptors (Lipinski definition) is 5. The molecule has 1 aromatic carbocycles. The highest BCUT2D eigenvalue weighted by Gasteiger charge is 2.05. The van der Waals surface area contributed by atoms with Gasteiger partial charge in [-0.2, -0.15) is 0 Å². The third-order valence-electron chi connectivity index (χ3n) is 2.67. The lowest BCUT2D eigenvalue weighted by Crippen LogP contribution is -2.14. The number of ether oxygens (including phenoxy) is 2. The van der Waals surface area contributed by atoms with E-state index in [2.05, 4.69) is 10.3 Å². The Hall–Kier alpha value is -2.37. The van der Waals surface area contributed by atoms with Gasteiger partial charge in [-0.3, -0.25) is 4.68 Å². The van der Waals surface area contributed by atoms with Crippen molar-refractivity contribution in [3.8, 4) is 17.0 Å². The van der Waals surface area contributed by atoms with Crippen molar-refractivity contribution in [1.82, 2.24) is 15.0 Å². The van der Waals surface area contributed by atoms with Gasteiger partial charge in [0.25, 0.3) is 0 Å². The van der Waals surface area contributed by atoms with Crippen LogP contribution in [0.2, 0.25) is 0 Å². The topological polar surface area (TPSA) is 66.2 Å². The Morgan fingerprint density at radius 1 is 1.25 bits per heavy atom. The summed E-state index contributed by atoms with van der Waals surface area (Å²) in [5.74, 6) is 0.243. The van der Waals surface area contributed by atoms with E-state index in [4.69, 9.17) is 9.47 Å². The normalized spacial score (nSPS) is 10.3. The molecule has 1 aromatic heterocycles. The van der Waals surface area contributed by atoms with Gasteiger partial charge in [-0.25, -0.2) is 4.79 Å². The number of rotatable bonds is 6. The number of aromatic nitrogens is 3. The summed E-state index contributed by atoms with van der Waals surface area (Å²) >= 11 is 0. The highest BCUT2D eigenvalue weighted by atomic mass is 16.6. The van der Waals surface area contributed by atoms with Crippen LogP contribution in [0.4, 0.5) is 0 Å². The zero-order chi connectivity index (χ0) is 14.4. The first-order chi connectivity index (χ1) is 9.72. The van der Waals surface area contributed by atoms with Gasteiger partial charge in [0, 0.05) is 12.1 Å². The SMILES string of the molecule is CCOC(=O)COc1ccc(-c2cn(CC)nn2)cc1. The highest BCUT2D eigenvalue weighted by Crippen LogP contribution is 2.20. The van der Waals surface area contributed by atoms with Crippen LogP contribution < -0.4 is 4.74 Å². The fourth-order valence-corrected chi connectivity index (χ4v) is 1.65. The molecule has 0 aliphatic carbocycles. The summed E-state index contributed by atoms with van der Waals surface area (Å²) in [5.41, 5.74) is 1.76. The maximum Gasteiger partial charge on any atom is 0.344 e. The van der Waals surface area contributed by atoms with Crippen molar-refractivity contribution in [1.29, 1.82) is 0 Å². The fourth-order valence-electron chi connectivity index (χ4n) is 1.65. The molecule has 2 rings (SSSR count). The smallest absolute Gasteiger partial charge is 0.344 e. The van der Waals surface area contributed by atoms with Crippen molar-refractivity contribution in [3.63, 3.8) is 0 Å². The Balaban J connectivity index is 1.97. The van der Waals surface area contributed by atoms with Gasteiger partial charge in [0.1, 0.15) is 11.4 Å². The molecule has 6 heteroatoms. The van der Waals surface area contributed by atoms with Crippen LogP contribution in [0.25, 0.3) is 11.3 Å². The molecule has 106 valence electrons. The van der Waals surface area contributed by atoms with Crippen molar-refractivity contribution in [2.24, 2.45) is 0 Å². The molecule has 0 aliphatic rings. The Morgan fingerprint density at radius 3 is 2.60 bits per heavy atom. The number of carbonyl (C=O) groups is 1. The van der Waals surface area contributed by atoms with Crippen LogP contribution >= 0.6 is 0 Å². The molecule has 0 amide bonds. The van der Waals surface area contributed by atoms with Crippen LogP contribution in [0.5, 0.6) is 5.75 Å². The van der Waals surface area contributed by atoms with E-state index in [1.807, 2.05) is 25.3 Å². The number of nitrogens with zero attached hydrogens (tertiary/aromatic N) is 3. The first-order valence-corrected chi connectivity index (χ1v) is 6.52.